The van der Waals surface area contributed by atoms with Crippen molar-refractivity contribution in [2.75, 3.05) is 8.88 Å². The first kappa shape index (κ1) is 46.4. The van der Waals surface area contributed by atoms with Gasteiger partial charge in [-0.2, -0.15) is 10.2 Å². The number of benzene rings is 2. The van der Waals surface area contributed by atoms with Crippen molar-refractivity contribution in [1.82, 2.24) is 9.35 Å². The molecule has 320 valence electrons. The average Bonchev–Trinajstić information content (AvgIpc) is 3.61. The van der Waals surface area contributed by atoms with E-state index in [1.807, 2.05) is 0 Å². The fraction of sp³-hybridized carbons (Fsp3) is 0.609. The van der Waals surface area contributed by atoms with Crippen LogP contribution < -0.4 is 8.88 Å². The second kappa shape index (κ2) is 13.9. The summed E-state index contributed by atoms with van der Waals surface area (Å²) in [4.78, 5) is 32.1. The number of para-hydroxylation sites is 2. The summed E-state index contributed by atoms with van der Waals surface area (Å²) in [6.45, 7) is 49.2. The molecule has 0 saturated carbocycles. The monoisotopic (exact) mass is 863 g/mol. The molecule has 0 amide bonds. The van der Waals surface area contributed by atoms with Crippen LogP contribution in [0.15, 0.2) is 70.9 Å². The Hall–Kier alpha value is -2.65. The molecule has 0 N–H and O–H groups in total. The Balaban J connectivity index is 2.31. The molecule has 0 unspecified atom stereocenters. The second-order valence-corrected chi connectivity index (χ2v) is 40.3. The highest BCUT2D eigenvalue weighted by Crippen LogP contribution is 2.93. The molecule has 0 bridgehead atoms. The van der Waals surface area contributed by atoms with Crippen LogP contribution in [-0.2, 0) is 9.59 Å². The third-order valence-electron chi connectivity index (χ3n) is 12.9. The molecule has 3 aliphatic heterocycles. The lowest BCUT2D eigenvalue weighted by molar-refractivity contribution is -0.120. The van der Waals surface area contributed by atoms with Crippen LogP contribution in [0, 0.1) is 21.7 Å². The standard InChI is InChI=1S/C46H76N6O2P2Si2/c1-41(2,3)35(53)37-49(57(19,20)45(13,14)15)47-39(43(7,8)9)55(37)51(33-29-25-23-26-30-33)56(52(55)34-31-27-24-28-32-34)38(36(54)42(4,5)6)50(48-40(56)44(10,11)12)58(21,22)46(16,17)18/h23-32H,1-22H3. The SMILES string of the molecule is CC(C)(C)C(=O)C1=P2(C(C(C)(C)C)=NN1[Si](C)(C)C(C)(C)C)N(c1ccccc1)P1(=C(C(=O)C(C)(C)C)N([Si](C)(C)C(C)(C)C)N=C1C(C)(C)C)N2c1ccccc1. The number of hydrazone groups is 2. The van der Waals surface area contributed by atoms with Gasteiger partial charge in [-0.25, -0.2) is 0 Å². The quantitative estimate of drug-likeness (QED) is 0.213. The van der Waals surface area contributed by atoms with Crippen LogP contribution in [0.3, 0.4) is 0 Å². The zero-order valence-electron chi connectivity index (χ0n) is 40.2. The minimum absolute atomic E-state index is 0.103. The van der Waals surface area contributed by atoms with Crippen molar-refractivity contribution < 1.29 is 9.59 Å². The third-order valence-corrected chi connectivity index (χ3v) is 34.3. The lowest BCUT2D eigenvalue weighted by atomic mass is 9.91. The van der Waals surface area contributed by atoms with Gasteiger partial charge < -0.3 is 0 Å². The Morgan fingerprint density at radius 3 is 0.931 bits per heavy atom. The molecule has 3 heterocycles. The highest BCUT2D eigenvalue weighted by atomic mass is 31.3. The number of nitrogens with zero attached hydrogens (tertiary/aromatic N) is 6. The number of rotatable bonds is 6. The van der Waals surface area contributed by atoms with Gasteiger partial charge in [-0.05, 0) is 60.5 Å². The Labute approximate surface area is 355 Å². The molecule has 3 aliphatic rings. The Kier molecular flexibility index (Phi) is 11.2. The van der Waals surface area contributed by atoms with Gasteiger partial charge in [-0.3, -0.25) is 27.8 Å². The topological polar surface area (TPSA) is 71.8 Å². The summed E-state index contributed by atoms with van der Waals surface area (Å²) in [6, 6.07) is 21.4. The summed E-state index contributed by atoms with van der Waals surface area (Å²) in [5, 5.41) is 11.5. The van der Waals surface area contributed by atoms with E-state index in [0.29, 0.717) is 0 Å². The zero-order chi connectivity index (χ0) is 44.4. The van der Waals surface area contributed by atoms with Crippen molar-refractivity contribution in [2.45, 2.75) is 161 Å². The molecule has 1 saturated heterocycles. The van der Waals surface area contributed by atoms with Gasteiger partial charge in [0.2, 0.25) is 0 Å². The maximum atomic E-state index is 16.0. The summed E-state index contributed by atoms with van der Waals surface area (Å²) in [7, 11) is -11.7. The number of carbonyl (C=O) groups excluding carboxylic acids is 2. The third kappa shape index (κ3) is 6.74. The summed E-state index contributed by atoms with van der Waals surface area (Å²) < 4.78 is 9.91. The molecule has 8 nitrogen and oxygen atoms in total. The average molecular weight is 863 g/mol. The number of Topliss-reactive ketones (excluding diaryl/α,β-unsaturated/α-hetero) is 2. The molecule has 2 aromatic rings. The lowest BCUT2D eigenvalue weighted by Crippen LogP contribution is -2.62. The normalized spacial score (nSPS) is 22.6. The molecule has 1 fully saturated rings. The van der Waals surface area contributed by atoms with Crippen molar-refractivity contribution >= 4 is 75.5 Å². The van der Waals surface area contributed by atoms with Crippen LogP contribution in [0.5, 0.6) is 0 Å². The molecular formula is C46H76N6O2P2Si2. The molecule has 2 spiro atoms. The van der Waals surface area contributed by atoms with Gasteiger partial charge in [0.25, 0.3) is 0 Å². The molecule has 5 rings (SSSR count). The van der Waals surface area contributed by atoms with E-state index in [2.05, 4.69) is 230 Å². The van der Waals surface area contributed by atoms with Crippen LogP contribution in [0.1, 0.15) is 125 Å². The molecule has 0 radical (unpaired) electrons. The van der Waals surface area contributed by atoms with E-state index in [-0.39, 0.29) is 21.6 Å². The molecular weight excluding hydrogens is 787 g/mol. The van der Waals surface area contributed by atoms with E-state index in [1.54, 1.807) is 0 Å². The molecule has 0 aromatic heterocycles. The fourth-order valence-electron chi connectivity index (χ4n) is 7.68. The van der Waals surface area contributed by atoms with E-state index >= 15 is 9.59 Å². The number of hydrogen-bond acceptors (Lipinski definition) is 8. The zero-order valence-corrected chi connectivity index (χ0v) is 44.0. The van der Waals surface area contributed by atoms with Crippen LogP contribution in [0.25, 0.3) is 0 Å². The van der Waals surface area contributed by atoms with Gasteiger partial charge in [0.05, 0.1) is 0 Å². The van der Waals surface area contributed by atoms with Gasteiger partial charge in [-0.1, -0.05) is 161 Å². The molecule has 0 atom stereocenters. The Morgan fingerprint density at radius 1 is 0.466 bits per heavy atom. The second-order valence-electron chi connectivity index (χ2n) is 23.8. The maximum absolute atomic E-state index is 16.0. The molecule has 2 aromatic carbocycles. The summed E-state index contributed by atoms with van der Waals surface area (Å²) in [5.41, 5.74) is 3.21. The summed E-state index contributed by atoms with van der Waals surface area (Å²) in [5.74, 6) is 0.207. The smallest absolute Gasteiger partial charge is 0.189 e. The van der Waals surface area contributed by atoms with Crippen LogP contribution >= 0.6 is 14.4 Å². The highest BCUT2D eigenvalue weighted by molar-refractivity contribution is 8.23. The minimum atomic E-state index is -3.24. The largest absolute Gasteiger partial charge is 0.292 e. The summed E-state index contributed by atoms with van der Waals surface area (Å²) in [6.07, 6.45) is 0. The van der Waals surface area contributed by atoms with Gasteiger partial charge in [0, 0.05) is 33.0 Å². The predicted molar refractivity (Wildman–Crippen MR) is 262 cm³/mol. The van der Waals surface area contributed by atoms with Crippen molar-refractivity contribution in [1.29, 1.82) is 0 Å². The molecule has 58 heavy (non-hydrogen) atoms. The van der Waals surface area contributed by atoms with Crippen molar-refractivity contribution in [3.8, 4) is 0 Å². The first-order valence-electron chi connectivity index (χ1n) is 21.1. The van der Waals surface area contributed by atoms with E-state index in [0.717, 1.165) is 33.1 Å². The minimum Gasteiger partial charge on any atom is -0.292 e. The first-order valence-corrected chi connectivity index (χ1v) is 30.4. The van der Waals surface area contributed by atoms with Crippen LogP contribution in [-0.4, -0.2) is 59.1 Å². The van der Waals surface area contributed by atoms with Gasteiger partial charge >= 0.3 is 0 Å². The van der Waals surface area contributed by atoms with Crippen molar-refractivity contribution in [3.63, 3.8) is 0 Å². The Morgan fingerprint density at radius 2 is 0.724 bits per heavy atom. The van der Waals surface area contributed by atoms with Crippen LogP contribution in [0.2, 0.25) is 36.3 Å². The molecule has 0 aliphatic carbocycles. The van der Waals surface area contributed by atoms with E-state index < -0.39 is 52.5 Å². The fourth-order valence-corrected chi connectivity index (χ4v) is 27.1. The van der Waals surface area contributed by atoms with Gasteiger partial charge in [-0.15, -0.1) is 0 Å². The lowest BCUT2D eigenvalue weighted by Gasteiger charge is -2.68. The highest BCUT2D eigenvalue weighted by Gasteiger charge is 2.74. The number of carbonyl (C=O) groups is 2. The van der Waals surface area contributed by atoms with E-state index in [1.165, 1.54) is 0 Å². The van der Waals surface area contributed by atoms with E-state index in [9.17, 15) is 0 Å². The molecule has 12 heteroatoms. The number of anilines is 2. The van der Waals surface area contributed by atoms with Crippen molar-refractivity contribution in [3.05, 3.63) is 60.7 Å². The first-order chi connectivity index (χ1) is 26.0. The van der Waals surface area contributed by atoms with Crippen LogP contribution in [0.4, 0.5) is 11.4 Å². The Bertz CT molecular complexity index is 1990. The number of hydrogen-bond donors (Lipinski definition) is 0. The predicted octanol–water partition coefficient (Wildman–Crippen LogP) is 13.6. The van der Waals surface area contributed by atoms with Gasteiger partial charge in [0.15, 0.2) is 28.0 Å². The van der Waals surface area contributed by atoms with E-state index in [4.69, 9.17) is 10.2 Å². The van der Waals surface area contributed by atoms with Gasteiger partial charge in [0.1, 0.15) is 36.1 Å². The number of ketones is 2. The maximum Gasteiger partial charge on any atom is 0.189 e. The van der Waals surface area contributed by atoms with Crippen molar-refractivity contribution in [2.24, 2.45) is 31.9 Å². The summed E-state index contributed by atoms with van der Waals surface area (Å²) >= 11 is 0.